The number of carboxylic acids is 1. The summed E-state index contributed by atoms with van der Waals surface area (Å²) in [6.07, 6.45) is -0.156. The van der Waals surface area contributed by atoms with Gasteiger partial charge in [-0.05, 0) is 37.1 Å². The molecule has 0 heterocycles. The molecule has 1 aromatic rings. The van der Waals surface area contributed by atoms with Crippen LogP contribution in [-0.2, 0) is 4.79 Å². The Kier molecular flexibility index (Phi) is 4.34. The number of amides is 1. The van der Waals surface area contributed by atoms with Gasteiger partial charge in [0, 0.05) is 18.0 Å². The second-order valence-electron chi connectivity index (χ2n) is 5.05. The topological polar surface area (TPSA) is 86.6 Å². The number of carbonyl (C=O) groups excluding carboxylic acids is 1. The Morgan fingerprint density at radius 1 is 1.25 bits per heavy atom. The molecule has 5 nitrogen and oxygen atoms in total. The van der Waals surface area contributed by atoms with Crippen LogP contribution in [0.1, 0.15) is 23.2 Å². The Morgan fingerprint density at radius 3 is 2.45 bits per heavy atom. The highest BCUT2D eigenvalue weighted by Crippen LogP contribution is 2.31. The monoisotopic (exact) mass is 281 g/mol. The summed E-state index contributed by atoms with van der Waals surface area (Å²) in [6.45, 7) is 0.209. The van der Waals surface area contributed by atoms with Crippen LogP contribution in [0, 0.1) is 17.7 Å². The fraction of sp³-hybridized carbons (Fsp3) is 0.429. The van der Waals surface area contributed by atoms with E-state index in [0.29, 0.717) is 12.0 Å². The van der Waals surface area contributed by atoms with E-state index in [4.69, 9.17) is 5.11 Å². The largest absolute Gasteiger partial charge is 0.481 e. The summed E-state index contributed by atoms with van der Waals surface area (Å²) in [5.41, 5.74) is 0.327. The van der Waals surface area contributed by atoms with Crippen molar-refractivity contribution in [3.05, 3.63) is 35.6 Å². The minimum atomic E-state index is -0.920. The Morgan fingerprint density at radius 2 is 1.90 bits per heavy atom. The number of benzene rings is 1. The van der Waals surface area contributed by atoms with Gasteiger partial charge in [0.15, 0.2) is 0 Å². The van der Waals surface area contributed by atoms with Gasteiger partial charge in [0.25, 0.3) is 5.91 Å². The predicted octanol–water partition coefficient (Wildman–Crippen LogP) is 1.03. The van der Waals surface area contributed by atoms with Crippen molar-refractivity contribution < 1.29 is 24.2 Å². The molecule has 1 amide bonds. The molecule has 0 spiro atoms. The number of aliphatic hydroxyl groups excluding tert-OH is 1. The van der Waals surface area contributed by atoms with Crippen molar-refractivity contribution in [3.8, 4) is 0 Å². The maximum absolute atomic E-state index is 12.7. The molecule has 1 fully saturated rings. The van der Waals surface area contributed by atoms with Gasteiger partial charge in [-0.3, -0.25) is 9.59 Å². The van der Waals surface area contributed by atoms with E-state index in [9.17, 15) is 19.1 Å². The molecule has 0 bridgehead atoms. The van der Waals surface area contributed by atoms with Gasteiger partial charge < -0.3 is 15.5 Å². The number of aliphatic carboxylic acids is 1. The number of aliphatic hydroxyl groups is 1. The van der Waals surface area contributed by atoms with Crippen LogP contribution in [0.4, 0.5) is 4.39 Å². The van der Waals surface area contributed by atoms with Crippen LogP contribution in [-0.4, -0.2) is 34.7 Å². The van der Waals surface area contributed by atoms with Crippen LogP contribution in [0.3, 0.4) is 0 Å². The smallest absolute Gasteiger partial charge is 0.306 e. The Labute approximate surface area is 115 Å². The first kappa shape index (κ1) is 14.5. The Bertz CT molecular complexity index is 502. The highest BCUT2D eigenvalue weighted by molar-refractivity contribution is 5.94. The summed E-state index contributed by atoms with van der Waals surface area (Å²) < 4.78 is 12.7. The number of rotatable bonds is 4. The number of carbonyl (C=O) groups is 2. The summed E-state index contributed by atoms with van der Waals surface area (Å²) >= 11 is 0. The van der Waals surface area contributed by atoms with Crippen molar-refractivity contribution in [2.75, 3.05) is 6.54 Å². The lowest BCUT2D eigenvalue weighted by Crippen LogP contribution is -2.32. The lowest BCUT2D eigenvalue weighted by Gasteiger charge is -2.14. The normalized spacial score (nSPS) is 25.4. The highest BCUT2D eigenvalue weighted by atomic mass is 19.1. The second-order valence-corrected chi connectivity index (χ2v) is 5.05. The summed E-state index contributed by atoms with van der Waals surface area (Å²) in [6, 6.07) is 5.13. The van der Waals surface area contributed by atoms with E-state index in [1.165, 1.54) is 24.3 Å². The van der Waals surface area contributed by atoms with Gasteiger partial charge in [0.05, 0.1) is 12.0 Å². The molecule has 1 aliphatic rings. The number of carboxylic acid groups (broad SMARTS) is 1. The van der Waals surface area contributed by atoms with Crippen molar-refractivity contribution >= 4 is 11.9 Å². The molecule has 20 heavy (non-hydrogen) atoms. The van der Waals surface area contributed by atoms with Gasteiger partial charge in [0.1, 0.15) is 5.82 Å². The lowest BCUT2D eigenvalue weighted by molar-refractivity contribution is -0.141. The Hall–Kier alpha value is -1.95. The van der Waals surface area contributed by atoms with E-state index in [-0.39, 0.29) is 24.8 Å². The van der Waals surface area contributed by atoms with E-state index in [1.54, 1.807) is 0 Å². The third-order valence-corrected chi connectivity index (χ3v) is 3.64. The van der Waals surface area contributed by atoms with Gasteiger partial charge in [-0.1, -0.05) is 0 Å². The van der Waals surface area contributed by atoms with Crippen LogP contribution in [0.5, 0.6) is 0 Å². The van der Waals surface area contributed by atoms with E-state index < -0.39 is 23.8 Å². The average Bonchev–Trinajstić information content (AvgIpc) is 2.78. The molecule has 1 saturated carbocycles. The van der Waals surface area contributed by atoms with Crippen molar-refractivity contribution in [1.29, 1.82) is 0 Å². The van der Waals surface area contributed by atoms with Crippen LogP contribution in [0.2, 0.25) is 0 Å². The number of halogens is 1. The van der Waals surface area contributed by atoms with Crippen molar-refractivity contribution in [2.24, 2.45) is 11.8 Å². The third-order valence-electron chi connectivity index (χ3n) is 3.64. The molecule has 0 unspecified atom stereocenters. The third kappa shape index (κ3) is 3.33. The molecule has 0 radical (unpaired) electrons. The number of hydrogen-bond acceptors (Lipinski definition) is 3. The highest BCUT2D eigenvalue weighted by Gasteiger charge is 2.36. The molecular formula is C14H16FNO4. The number of nitrogens with one attached hydrogen (secondary N) is 1. The van der Waals surface area contributed by atoms with Gasteiger partial charge in [-0.2, -0.15) is 0 Å². The van der Waals surface area contributed by atoms with Gasteiger partial charge >= 0.3 is 5.97 Å². The zero-order valence-electron chi connectivity index (χ0n) is 10.8. The van der Waals surface area contributed by atoms with E-state index >= 15 is 0 Å². The SMILES string of the molecule is O=C(NC[C@H]1C[C@H](C(=O)O)C[C@H]1O)c1ccc(F)cc1. The molecule has 3 atom stereocenters. The van der Waals surface area contributed by atoms with Gasteiger partial charge in [-0.25, -0.2) is 4.39 Å². The van der Waals surface area contributed by atoms with Crippen molar-refractivity contribution in [3.63, 3.8) is 0 Å². The minimum Gasteiger partial charge on any atom is -0.481 e. The average molecular weight is 281 g/mol. The van der Waals surface area contributed by atoms with Gasteiger partial charge in [-0.15, -0.1) is 0 Å². The van der Waals surface area contributed by atoms with Crippen molar-refractivity contribution in [1.82, 2.24) is 5.32 Å². The van der Waals surface area contributed by atoms with Crippen LogP contribution in [0.15, 0.2) is 24.3 Å². The second kappa shape index (κ2) is 6.00. The van der Waals surface area contributed by atoms with E-state index in [2.05, 4.69) is 5.32 Å². The summed E-state index contributed by atoms with van der Waals surface area (Å²) in [5, 5.41) is 21.3. The molecule has 108 valence electrons. The fourth-order valence-electron chi connectivity index (χ4n) is 2.45. The molecule has 6 heteroatoms. The summed E-state index contributed by atoms with van der Waals surface area (Å²) in [7, 11) is 0. The maximum Gasteiger partial charge on any atom is 0.306 e. The summed E-state index contributed by atoms with van der Waals surface area (Å²) in [5.74, 6) is -2.53. The minimum absolute atomic E-state index is 0.209. The molecule has 1 aliphatic carbocycles. The first-order chi connectivity index (χ1) is 9.47. The van der Waals surface area contributed by atoms with Crippen LogP contribution >= 0.6 is 0 Å². The molecular weight excluding hydrogens is 265 g/mol. The lowest BCUT2D eigenvalue weighted by atomic mass is 10.0. The molecule has 2 rings (SSSR count). The quantitative estimate of drug-likeness (QED) is 0.769. The molecule has 3 N–H and O–H groups in total. The molecule has 0 aromatic heterocycles. The van der Waals surface area contributed by atoms with Crippen LogP contribution in [0.25, 0.3) is 0 Å². The predicted molar refractivity (Wildman–Crippen MR) is 68.6 cm³/mol. The molecule has 0 aliphatic heterocycles. The van der Waals surface area contributed by atoms with Gasteiger partial charge in [0.2, 0.25) is 0 Å². The van der Waals surface area contributed by atoms with Crippen molar-refractivity contribution in [2.45, 2.75) is 18.9 Å². The fourth-order valence-corrected chi connectivity index (χ4v) is 2.45. The first-order valence-corrected chi connectivity index (χ1v) is 6.42. The van der Waals surface area contributed by atoms with Crippen LogP contribution < -0.4 is 5.32 Å². The Balaban J connectivity index is 1.87. The molecule has 0 saturated heterocycles. The standard InChI is InChI=1S/C14H16FNO4/c15-11-3-1-8(2-4-11)13(18)16-7-10-5-9(14(19)20)6-12(10)17/h1-4,9-10,12,17H,5-7H2,(H,16,18)(H,19,20)/t9-,10+,12+/m0/s1. The zero-order chi connectivity index (χ0) is 14.7. The van der Waals surface area contributed by atoms with E-state index in [0.717, 1.165) is 0 Å². The first-order valence-electron chi connectivity index (χ1n) is 6.42. The number of hydrogen-bond donors (Lipinski definition) is 3. The van der Waals surface area contributed by atoms with E-state index in [1.807, 2.05) is 0 Å². The zero-order valence-corrected chi connectivity index (χ0v) is 10.8. The summed E-state index contributed by atoms with van der Waals surface area (Å²) in [4.78, 5) is 22.7. The maximum atomic E-state index is 12.7. The molecule has 1 aromatic carbocycles.